The minimum absolute atomic E-state index is 0.828. The van der Waals surface area contributed by atoms with E-state index in [0.717, 1.165) is 49.2 Å². The third-order valence-corrected chi connectivity index (χ3v) is 3.97. The lowest BCUT2D eigenvalue weighted by Gasteiger charge is -2.25. The van der Waals surface area contributed by atoms with E-state index in [1.807, 2.05) is 10.8 Å². The minimum atomic E-state index is 0.828. The number of hydrogen-bond donors (Lipinski definition) is 0. The van der Waals surface area contributed by atoms with Crippen LogP contribution in [-0.2, 0) is 11.3 Å². The lowest BCUT2D eigenvalue weighted by atomic mass is 10.4. The number of morpholine rings is 1. The average molecular weight is 268 g/mol. The maximum absolute atomic E-state index is 5.33. The van der Waals surface area contributed by atoms with Crippen LogP contribution in [0.4, 0.5) is 0 Å². The highest BCUT2D eigenvalue weighted by Crippen LogP contribution is 2.21. The molecular formula is C10H12N4OS2. The van der Waals surface area contributed by atoms with Crippen LogP contribution in [0.5, 0.6) is 0 Å². The predicted molar refractivity (Wildman–Crippen MR) is 67.1 cm³/mol. The van der Waals surface area contributed by atoms with Gasteiger partial charge in [-0.15, -0.1) is 16.4 Å². The van der Waals surface area contributed by atoms with E-state index in [9.17, 15) is 0 Å². The Morgan fingerprint density at radius 2 is 2.12 bits per heavy atom. The summed E-state index contributed by atoms with van der Waals surface area (Å²) in [5, 5.41) is 9.13. The first kappa shape index (κ1) is 11.2. The molecule has 2 aromatic rings. The zero-order chi connectivity index (χ0) is 11.5. The molecule has 2 aromatic heterocycles. The molecule has 0 saturated carbocycles. The van der Waals surface area contributed by atoms with Gasteiger partial charge >= 0.3 is 0 Å². The van der Waals surface area contributed by atoms with Crippen LogP contribution in [0.3, 0.4) is 0 Å². The lowest BCUT2D eigenvalue weighted by Crippen LogP contribution is -2.35. The van der Waals surface area contributed by atoms with Gasteiger partial charge < -0.3 is 4.74 Å². The van der Waals surface area contributed by atoms with Crippen molar-refractivity contribution in [1.29, 1.82) is 0 Å². The second-order valence-electron chi connectivity index (χ2n) is 3.81. The van der Waals surface area contributed by atoms with Gasteiger partial charge in [0.1, 0.15) is 16.4 Å². The molecule has 0 N–H and O–H groups in total. The summed E-state index contributed by atoms with van der Waals surface area (Å²) in [6, 6.07) is 0. The summed E-state index contributed by atoms with van der Waals surface area (Å²) in [5.41, 5.74) is 1.81. The van der Waals surface area contributed by atoms with Gasteiger partial charge in [-0.05, 0) is 11.5 Å². The molecule has 0 bridgehead atoms. The Morgan fingerprint density at radius 1 is 1.24 bits per heavy atom. The fourth-order valence-corrected chi connectivity index (χ4v) is 3.01. The Hall–Kier alpha value is -0.890. The van der Waals surface area contributed by atoms with Crippen molar-refractivity contribution in [2.45, 2.75) is 6.54 Å². The summed E-state index contributed by atoms with van der Waals surface area (Å²) in [4.78, 5) is 6.95. The van der Waals surface area contributed by atoms with Gasteiger partial charge in [0.25, 0.3) is 0 Å². The molecule has 7 heteroatoms. The van der Waals surface area contributed by atoms with Gasteiger partial charge in [0.15, 0.2) is 0 Å². The van der Waals surface area contributed by atoms with E-state index < -0.39 is 0 Å². The van der Waals surface area contributed by atoms with Crippen molar-refractivity contribution >= 4 is 22.9 Å². The summed E-state index contributed by atoms with van der Waals surface area (Å²) in [6.07, 6.45) is 0. The van der Waals surface area contributed by atoms with Crippen LogP contribution in [0.1, 0.15) is 5.01 Å². The summed E-state index contributed by atoms with van der Waals surface area (Å²) in [5.74, 6) is 0. The molecule has 17 heavy (non-hydrogen) atoms. The van der Waals surface area contributed by atoms with E-state index >= 15 is 0 Å². The third kappa shape index (κ3) is 2.68. The first-order valence-corrected chi connectivity index (χ1v) is 7.15. The van der Waals surface area contributed by atoms with Gasteiger partial charge in [-0.1, -0.05) is 4.49 Å². The van der Waals surface area contributed by atoms with E-state index in [1.54, 1.807) is 11.3 Å². The molecule has 3 rings (SSSR count). The molecule has 0 spiro atoms. The van der Waals surface area contributed by atoms with Gasteiger partial charge in [0.05, 0.1) is 19.8 Å². The molecule has 0 aromatic carbocycles. The first-order chi connectivity index (χ1) is 8.42. The van der Waals surface area contributed by atoms with Gasteiger partial charge in [-0.3, -0.25) is 4.90 Å². The number of hydrogen-bond acceptors (Lipinski definition) is 7. The van der Waals surface area contributed by atoms with Gasteiger partial charge in [0, 0.05) is 23.8 Å². The summed E-state index contributed by atoms with van der Waals surface area (Å²) in [6.45, 7) is 4.55. The van der Waals surface area contributed by atoms with Crippen molar-refractivity contribution in [2.75, 3.05) is 26.3 Å². The largest absolute Gasteiger partial charge is 0.379 e. The molecule has 3 heterocycles. The highest BCUT2D eigenvalue weighted by atomic mass is 32.1. The maximum Gasteiger partial charge on any atom is 0.125 e. The molecule has 0 atom stereocenters. The molecule has 0 aliphatic carbocycles. The zero-order valence-corrected chi connectivity index (χ0v) is 10.8. The van der Waals surface area contributed by atoms with Crippen LogP contribution in [0, 0.1) is 0 Å². The highest BCUT2D eigenvalue weighted by molar-refractivity contribution is 7.10. The number of rotatable bonds is 3. The molecule has 5 nitrogen and oxygen atoms in total. The SMILES string of the molecule is c1snnc1-c1csc(CN2CCOCC2)n1. The molecule has 0 radical (unpaired) electrons. The van der Waals surface area contributed by atoms with Gasteiger partial charge in [0.2, 0.25) is 0 Å². The normalized spacial score (nSPS) is 17.4. The molecule has 0 unspecified atom stereocenters. The van der Waals surface area contributed by atoms with Crippen molar-refractivity contribution in [1.82, 2.24) is 19.5 Å². The molecule has 1 aliphatic heterocycles. The van der Waals surface area contributed by atoms with Gasteiger partial charge in [-0.25, -0.2) is 4.98 Å². The maximum atomic E-state index is 5.33. The number of thiazole rings is 1. The fraction of sp³-hybridized carbons (Fsp3) is 0.500. The Bertz CT molecular complexity index is 464. The number of ether oxygens (including phenoxy) is 1. The van der Waals surface area contributed by atoms with E-state index in [-0.39, 0.29) is 0 Å². The molecule has 90 valence electrons. The van der Waals surface area contributed by atoms with Crippen molar-refractivity contribution in [3.05, 3.63) is 15.8 Å². The standard InChI is InChI=1S/C10H12N4OS2/c1-3-15-4-2-14(1)5-10-11-8(6-16-10)9-7-17-13-12-9/h6-7H,1-5H2. The monoisotopic (exact) mass is 268 g/mol. The average Bonchev–Trinajstić information content (AvgIpc) is 3.00. The Labute approximate surface area is 107 Å². The summed E-state index contributed by atoms with van der Waals surface area (Å²) in [7, 11) is 0. The summed E-state index contributed by atoms with van der Waals surface area (Å²) < 4.78 is 9.18. The molecule has 1 aliphatic rings. The number of nitrogens with zero attached hydrogens (tertiary/aromatic N) is 4. The Kier molecular flexibility index (Phi) is 3.41. The lowest BCUT2D eigenvalue weighted by molar-refractivity contribution is 0.0342. The van der Waals surface area contributed by atoms with E-state index in [2.05, 4.69) is 19.5 Å². The van der Waals surface area contributed by atoms with Crippen LogP contribution in [0.15, 0.2) is 10.8 Å². The van der Waals surface area contributed by atoms with Crippen molar-refractivity contribution in [2.24, 2.45) is 0 Å². The molecule has 0 amide bonds. The summed E-state index contributed by atoms with van der Waals surface area (Å²) >= 11 is 3.04. The van der Waals surface area contributed by atoms with E-state index in [4.69, 9.17) is 4.74 Å². The van der Waals surface area contributed by atoms with Crippen LogP contribution < -0.4 is 0 Å². The first-order valence-electron chi connectivity index (χ1n) is 5.44. The van der Waals surface area contributed by atoms with Gasteiger partial charge in [-0.2, -0.15) is 0 Å². The van der Waals surface area contributed by atoms with Crippen LogP contribution in [0.25, 0.3) is 11.4 Å². The van der Waals surface area contributed by atoms with Crippen LogP contribution >= 0.6 is 22.9 Å². The van der Waals surface area contributed by atoms with Crippen molar-refractivity contribution in [3.63, 3.8) is 0 Å². The minimum Gasteiger partial charge on any atom is -0.379 e. The van der Waals surface area contributed by atoms with E-state index in [0.29, 0.717) is 0 Å². The smallest absolute Gasteiger partial charge is 0.125 e. The van der Waals surface area contributed by atoms with Crippen molar-refractivity contribution < 1.29 is 4.74 Å². The number of aromatic nitrogens is 3. The third-order valence-electron chi connectivity index (χ3n) is 2.64. The van der Waals surface area contributed by atoms with Crippen LogP contribution in [-0.4, -0.2) is 45.8 Å². The molecule has 1 saturated heterocycles. The van der Waals surface area contributed by atoms with E-state index in [1.165, 1.54) is 11.5 Å². The second kappa shape index (κ2) is 5.18. The molecule has 1 fully saturated rings. The highest BCUT2D eigenvalue weighted by Gasteiger charge is 2.13. The second-order valence-corrected chi connectivity index (χ2v) is 5.36. The predicted octanol–water partition coefficient (Wildman–Crippen LogP) is 1.49. The Morgan fingerprint density at radius 3 is 2.88 bits per heavy atom. The topological polar surface area (TPSA) is 51.1 Å². The quantitative estimate of drug-likeness (QED) is 0.844. The zero-order valence-electron chi connectivity index (χ0n) is 9.20. The fourth-order valence-electron chi connectivity index (χ4n) is 1.73. The van der Waals surface area contributed by atoms with Crippen molar-refractivity contribution in [3.8, 4) is 11.4 Å². The Balaban J connectivity index is 1.68. The molecular weight excluding hydrogens is 256 g/mol. The van der Waals surface area contributed by atoms with Crippen LogP contribution in [0.2, 0.25) is 0 Å².